The van der Waals surface area contributed by atoms with Crippen molar-refractivity contribution in [2.45, 2.75) is 0 Å². The van der Waals surface area contributed by atoms with Crippen LogP contribution in [-0.2, 0) is 29.1 Å². The first kappa shape index (κ1) is 15.8. The van der Waals surface area contributed by atoms with Crippen molar-refractivity contribution in [3.8, 4) is 0 Å². The summed E-state index contributed by atoms with van der Waals surface area (Å²) in [7, 11) is 0. The van der Waals surface area contributed by atoms with Gasteiger partial charge in [-0.2, -0.15) is 0 Å². The topological polar surface area (TPSA) is 74.6 Å². The van der Waals surface area contributed by atoms with Crippen LogP contribution in [0.4, 0.5) is 0 Å². The van der Waals surface area contributed by atoms with Crippen LogP contribution in [0.2, 0.25) is 0 Å². The number of rotatable bonds is 0. The number of carboxylic acids is 2. The van der Waals surface area contributed by atoms with Gasteiger partial charge in [-0.05, 0) is 0 Å². The molecule has 0 radical (unpaired) electrons. The van der Waals surface area contributed by atoms with E-state index in [4.69, 9.17) is 19.8 Å². The Kier molecular flexibility index (Phi) is 14.4. The third-order valence-corrected chi connectivity index (χ3v) is 0.183. The van der Waals surface area contributed by atoms with Crippen LogP contribution in [0.3, 0.4) is 0 Å². The molecule has 0 aliphatic carbocycles. The van der Waals surface area contributed by atoms with E-state index in [-0.39, 0.29) is 45.4 Å². The summed E-state index contributed by atoms with van der Waals surface area (Å²) in [6.07, 6.45) is 0. The Hall–Kier alpha value is 0.330. The second-order valence-electron chi connectivity index (χ2n) is 0.610. The molecule has 0 aromatic heterocycles. The van der Waals surface area contributed by atoms with Crippen LogP contribution in [0.15, 0.2) is 0 Å². The molecule has 0 saturated carbocycles. The van der Waals surface area contributed by atoms with E-state index in [0.29, 0.717) is 0 Å². The summed E-state index contributed by atoms with van der Waals surface area (Å²) in [6, 6.07) is 0. The maximum atomic E-state index is 9.10. The molecule has 0 rings (SSSR count). The van der Waals surface area contributed by atoms with Crippen molar-refractivity contribution in [3.63, 3.8) is 0 Å². The van der Waals surface area contributed by atoms with Gasteiger partial charge in [-0.3, -0.25) is 0 Å². The minimum Gasteiger partial charge on any atom is -1.00 e. The molecule has 8 heavy (non-hydrogen) atoms. The van der Waals surface area contributed by atoms with Gasteiger partial charge >= 0.3 is 35.0 Å². The molecule has 0 aliphatic rings. The van der Waals surface area contributed by atoms with Crippen LogP contribution in [0, 0.1) is 0 Å². The molecule has 0 aliphatic heterocycles. The van der Waals surface area contributed by atoms with Crippen molar-refractivity contribution in [1.82, 2.24) is 0 Å². The molecule has 0 spiro atoms. The van der Waals surface area contributed by atoms with Crippen molar-refractivity contribution < 1.29 is 42.1 Å². The second kappa shape index (κ2) is 7.33. The Bertz CT molecular complexity index is 87.3. The predicted octanol–water partition coefficient (Wildman–Crippen LogP) is -1.00. The molecule has 0 aromatic carbocycles. The van der Waals surface area contributed by atoms with E-state index in [9.17, 15) is 0 Å². The SMILES string of the molecule is O=C(O)C(=O)O.[H-].[H-].[Mg+2].[Zn]. The molecule has 40 valence electrons. The summed E-state index contributed by atoms with van der Waals surface area (Å²) < 4.78 is 0. The van der Waals surface area contributed by atoms with E-state index in [0.717, 1.165) is 0 Å². The van der Waals surface area contributed by atoms with Gasteiger partial charge in [0, 0.05) is 19.5 Å². The molecular weight excluding hydrogens is 178 g/mol. The molecule has 0 aromatic rings. The van der Waals surface area contributed by atoms with Gasteiger partial charge in [-0.1, -0.05) is 0 Å². The Morgan fingerprint density at radius 1 is 1.12 bits per heavy atom. The fraction of sp³-hybridized carbons (Fsp3) is 0. The van der Waals surface area contributed by atoms with Crippen molar-refractivity contribution in [2.75, 3.05) is 0 Å². The fourth-order valence-electron chi connectivity index (χ4n) is 0. The van der Waals surface area contributed by atoms with Crippen LogP contribution in [-0.4, -0.2) is 45.2 Å². The zero-order chi connectivity index (χ0) is 5.15. The summed E-state index contributed by atoms with van der Waals surface area (Å²) >= 11 is 0. The van der Waals surface area contributed by atoms with Crippen LogP contribution in [0.25, 0.3) is 0 Å². The van der Waals surface area contributed by atoms with Crippen molar-refractivity contribution in [2.24, 2.45) is 0 Å². The Morgan fingerprint density at radius 3 is 1.25 bits per heavy atom. The van der Waals surface area contributed by atoms with Gasteiger partial charge < -0.3 is 13.1 Å². The quantitative estimate of drug-likeness (QED) is 0.371. The van der Waals surface area contributed by atoms with Gasteiger partial charge in [0.15, 0.2) is 0 Å². The first-order chi connectivity index (χ1) is 2.64. The van der Waals surface area contributed by atoms with Crippen LogP contribution < -0.4 is 0 Å². The first-order valence-corrected chi connectivity index (χ1v) is 1.11. The van der Waals surface area contributed by atoms with Crippen LogP contribution in [0.1, 0.15) is 2.85 Å². The van der Waals surface area contributed by atoms with Crippen LogP contribution in [0.5, 0.6) is 0 Å². The summed E-state index contributed by atoms with van der Waals surface area (Å²) in [5.41, 5.74) is 0. The zero-order valence-electron chi connectivity index (χ0n) is 6.13. The zero-order valence-corrected chi connectivity index (χ0v) is 8.51. The van der Waals surface area contributed by atoms with E-state index in [1.54, 1.807) is 0 Å². The normalized spacial score (nSPS) is 5.50. The van der Waals surface area contributed by atoms with Crippen molar-refractivity contribution in [1.29, 1.82) is 0 Å². The molecule has 0 unspecified atom stereocenters. The van der Waals surface area contributed by atoms with Crippen molar-refractivity contribution >= 4 is 35.0 Å². The molecular formula is C2H4MgO4Zn. The number of carbonyl (C=O) groups is 2. The number of aliphatic carboxylic acids is 2. The van der Waals surface area contributed by atoms with E-state index in [1.165, 1.54) is 0 Å². The third-order valence-electron chi connectivity index (χ3n) is 0.183. The van der Waals surface area contributed by atoms with Crippen molar-refractivity contribution in [3.05, 3.63) is 0 Å². The van der Waals surface area contributed by atoms with Gasteiger partial charge in [0.2, 0.25) is 0 Å². The summed E-state index contributed by atoms with van der Waals surface area (Å²) in [6.45, 7) is 0. The molecule has 2 N–H and O–H groups in total. The molecule has 0 heterocycles. The average Bonchev–Trinajstić information content (AvgIpc) is 1.36. The van der Waals surface area contributed by atoms with Gasteiger partial charge in [-0.15, -0.1) is 0 Å². The van der Waals surface area contributed by atoms with Gasteiger partial charge in [0.25, 0.3) is 0 Å². The molecule has 4 nitrogen and oxygen atoms in total. The fourth-order valence-corrected chi connectivity index (χ4v) is 0. The molecule has 0 bridgehead atoms. The predicted molar refractivity (Wildman–Crippen MR) is 23.2 cm³/mol. The molecule has 0 atom stereocenters. The maximum Gasteiger partial charge on any atom is 2.00 e. The largest absolute Gasteiger partial charge is 2.00 e. The van der Waals surface area contributed by atoms with E-state index < -0.39 is 11.9 Å². The second-order valence-corrected chi connectivity index (χ2v) is 0.610. The number of carboxylic acid groups (broad SMARTS) is 2. The average molecular weight is 182 g/mol. The summed E-state index contributed by atoms with van der Waals surface area (Å²) in [5, 5.41) is 14.8. The Labute approximate surface area is 77.1 Å². The number of hydrogen-bond acceptors (Lipinski definition) is 2. The Morgan fingerprint density at radius 2 is 1.25 bits per heavy atom. The molecule has 0 saturated heterocycles. The minimum atomic E-state index is -1.82. The molecule has 6 heteroatoms. The third kappa shape index (κ3) is 9.59. The Balaban J connectivity index is -0.0000000208. The van der Waals surface area contributed by atoms with Crippen LogP contribution >= 0.6 is 0 Å². The van der Waals surface area contributed by atoms with Gasteiger partial charge in [0.05, 0.1) is 0 Å². The smallest absolute Gasteiger partial charge is 1.00 e. The molecule has 0 amide bonds. The molecule has 0 fully saturated rings. The van der Waals surface area contributed by atoms with Gasteiger partial charge in [-0.25, -0.2) is 9.59 Å². The standard InChI is InChI=1S/C2H2O4.Mg.Zn.2H/c3-1(4)2(5)6;;;;/h(H,3,4)(H,5,6);;;;/q;+2;;2*-1. The summed E-state index contributed by atoms with van der Waals surface area (Å²) in [4.78, 5) is 18.2. The van der Waals surface area contributed by atoms with E-state index >= 15 is 0 Å². The monoisotopic (exact) mass is 180 g/mol. The number of hydrogen-bond donors (Lipinski definition) is 2. The summed E-state index contributed by atoms with van der Waals surface area (Å²) in [5.74, 6) is -3.65. The van der Waals surface area contributed by atoms with Gasteiger partial charge in [0.1, 0.15) is 0 Å². The van der Waals surface area contributed by atoms with E-state index in [1.807, 2.05) is 0 Å². The maximum absolute atomic E-state index is 9.10. The first-order valence-electron chi connectivity index (χ1n) is 1.11. The van der Waals surface area contributed by atoms with E-state index in [2.05, 4.69) is 0 Å². The minimum absolute atomic E-state index is 0.